The Morgan fingerprint density at radius 2 is 1.42 bits per heavy atom. The van der Waals surface area contributed by atoms with E-state index in [2.05, 4.69) is 168 Å². The van der Waals surface area contributed by atoms with Gasteiger partial charge in [0.05, 0.1) is 11.4 Å². The molecule has 0 radical (unpaired) electrons. The second-order valence-corrected chi connectivity index (χ2v) is 16.5. The smallest absolute Gasteiger partial charge is 0.0714 e. The molecule has 3 aliphatic carbocycles. The molecule has 1 atom stereocenters. The Hall–Kier alpha value is -7.54. The molecule has 1 unspecified atom stereocenters. The molecule has 4 heteroatoms. The van der Waals surface area contributed by atoms with Gasteiger partial charge in [-0.2, -0.15) is 0 Å². The molecule has 1 aliphatic heterocycles. The number of pyridine rings is 2. The van der Waals surface area contributed by atoms with Crippen molar-refractivity contribution in [3.8, 4) is 22.4 Å². The molecule has 0 fully saturated rings. The minimum Gasteiger partial charge on any atom is -0.340 e. The van der Waals surface area contributed by atoms with Crippen molar-refractivity contribution in [1.29, 1.82) is 0 Å². The van der Waals surface area contributed by atoms with Crippen molar-refractivity contribution in [2.75, 3.05) is 11.4 Å². The lowest BCUT2D eigenvalue weighted by atomic mass is 9.78. The lowest BCUT2D eigenvalue weighted by Crippen LogP contribution is -2.29. The summed E-state index contributed by atoms with van der Waals surface area (Å²) in [5.41, 5.74) is 24.6. The van der Waals surface area contributed by atoms with Gasteiger partial charge < -0.3 is 4.90 Å². The molecule has 0 bridgehead atoms. The van der Waals surface area contributed by atoms with Crippen molar-refractivity contribution in [3.63, 3.8) is 0 Å². The highest BCUT2D eigenvalue weighted by atomic mass is 32.1. The zero-order valence-corrected chi connectivity index (χ0v) is 35.5. The van der Waals surface area contributed by atoms with Crippen LogP contribution in [0.1, 0.15) is 37.1 Å². The van der Waals surface area contributed by atoms with E-state index < -0.39 is 0 Å². The first-order valence-electron chi connectivity index (χ1n) is 21.3. The highest BCUT2D eigenvalue weighted by Gasteiger charge is 2.42. The van der Waals surface area contributed by atoms with Crippen LogP contribution in [0.5, 0.6) is 0 Å². The summed E-state index contributed by atoms with van der Waals surface area (Å²) in [5.74, 6) is 0. The number of anilines is 2. The van der Waals surface area contributed by atoms with Gasteiger partial charge in [-0.25, -0.2) is 0 Å². The largest absolute Gasteiger partial charge is 0.340 e. The summed E-state index contributed by atoms with van der Waals surface area (Å²) in [7, 11) is 0. The van der Waals surface area contributed by atoms with Gasteiger partial charge in [-0.1, -0.05) is 98.8 Å². The molecule has 0 saturated heterocycles. The maximum atomic E-state index is 4.75. The fourth-order valence-corrected chi connectivity index (χ4v) is 9.95. The summed E-state index contributed by atoms with van der Waals surface area (Å²) in [6, 6.07) is 41.7. The molecule has 0 amide bonds. The molecule has 296 valence electrons. The summed E-state index contributed by atoms with van der Waals surface area (Å²) in [6.45, 7) is 4.77. The zero-order valence-electron chi connectivity index (χ0n) is 34.7. The van der Waals surface area contributed by atoms with Gasteiger partial charge in [0.15, 0.2) is 0 Å². The summed E-state index contributed by atoms with van der Waals surface area (Å²) in [5, 5.41) is 2.55. The monoisotopic (exact) mass is 813 g/mol. The van der Waals surface area contributed by atoms with Crippen molar-refractivity contribution < 1.29 is 0 Å². The van der Waals surface area contributed by atoms with Crippen LogP contribution in [0.3, 0.4) is 0 Å². The van der Waals surface area contributed by atoms with Crippen LogP contribution in [0.4, 0.5) is 11.4 Å². The average molecular weight is 814 g/mol. The minimum absolute atomic E-state index is 0.357. The molecule has 3 nitrogen and oxygen atoms in total. The van der Waals surface area contributed by atoms with E-state index in [0.717, 1.165) is 52.2 Å². The molecule has 0 saturated carbocycles. The fraction of sp³-hybridized carbons (Fsp3) is 0.0862. The topological polar surface area (TPSA) is 29.0 Å². The standard InChI is InChI=1S/C56H37N3S.C2H6/c1-2-5-16-39(15-4-1)41-25-28-54-48(35-41)49-37-43(26-29-55(49)60-54)59-38-56(31-14-17-40(30-32-56)44-18-6-3-7-20-46(44)51-22-10-12-33-57-51)50-36-42(24-27-53(50)59)45-19-8-9-21-47(45)52-23-11-13-34-58-52;1-2/h1,3-17,19-29,32-37H,31,38H2;1-2H3. The molecule has 1 spiro atoms. The maximum absolute atomic E-state index is 4.75. The van der Waals surface area contributed by atoms with Crippen LogP contribution in [0.15, 0.2) is 229 Å². The van der Waals surface area contributed by atoms with E-state index in [0.29, 0.717) is 0 Å². The lowest BCUT2D eigenvalue weighted by Gasteiger charge is -2.26. The van der Waals surface area contributed by atoms with Crippen molar-refractivity contribution >= 4 is 54.0 Å². The summed E-state index contributed by atoms with van der Waals surface area (Å²) in [4.78, 5) is 12.0. The van der Waals surface area contributed by atoms with Crippen LogP contribution in [0.25, 0.3) is 53.7 Å². The zero-order chi connectivity index (χ0) is 41.9. The Labute approximate surface area is 367 Å². The van der Waals surface area contributed by atoms with Gasteiger partial charge in [-0.05, 0) is 137 Å². The third kappa shape index (κ3) is 7.14. The maximum Gasteiger partial charge on any atom is 0.0714 e. The highest BCUT2D eigenvalue weighted by Crippen LogP contribution is 2.51. The normalized spacial score (nSPS) is 17.2. The quantitative estimate of drug-likeness (QED) is 0.157. The number of fused-ring (bicyclic) bond motifs is 5. The number of hydrogen-bond acceptors (Lipinski definition) is 4. The third-order valence-electron chi connectivity index (χ3n) is 11.8. The Morgan fingerprint density at radius 3 is 2.26 bits per heavy atom. The Kier molecular flexibility index (Phi) is 10.5. The van der Waals surface area contributed by atoms with Crippen LogP contribution >= 0.6 is 11.3 Å². The second-order valence-electron chi connectivity index (χ2n) is 15.4. The van der Waals surface area contributed by atoms with Gasteiger partial charge in [0.25, 0.3) is 0 Å². The van der Waals surface area contributed by atoms with Gasteiger partial charge in [0.2, 0.25) is 0 Å². The van der Waals surface area contributed by atoms with Gasteiger partial charge in [0.1, 0.15) is 0 Å². The van der Waals surface area contributed by atoms with E-state index in [1.165, 1.54) is 53.8 Å². The number of hydrogen-bond donors (Lipinski definition) is 0. The van der Waals surface area contributed by atoms with E-state index in [1.807, 2.05) is 80.1 Å². The van der Waals surface area contributed by atoms with Gasteiger partial charge in [0, 0.05) is 78.2 Å². The predicted molar refractivity (Wildman–Crippen MR) is 263 cm³/mol. The van der Waals surface area contributed by atoms with E-state index in [-0.39, 0.29) is 5.41 Å². The molecule has 62 heavy (non-hydrogen) atoms. The van der Waals surface area contributed by atoms with E-state index in [9.17, 15) is 0 Å². The van der Waals surface area contributed by atoms with Crippen LogP contribution in [0.2, 0.25) is 0 Å². The van der Waals surface area contributed by atoms with Crippen LogP contribution in [-0.4, -0.2) is 16.5 Å². The Morgan fingerprint density at radius 1 is 0.645 bits per heavy atom. The fourth-order valence-electron chi connectivity index (χ4n) is 8.88. The Bertz CT molecular complexity index is 3260. The van der Waals surface area contributed by atoms with Crippen LogP contribution < -0.4 is 4.90 Å². The summed E-state index contributed by atoms with van der Waals surface area (Å²) < 4.78 is 2.58. The second kappa shape index (κ2) is 16.8. The summed E-state index contributed by atoms with van der Waals surface area (Å²) in [6.07, 6.45) is 29.9. The van der Waals surface area contributed by atoms with Gasteiger partial charge >= 0.3 is 0 Å². The first kappa shape index (κ1) is 38.6. The highest BCUT2D eigenvalue weighted by molar-refractivity contribution is 7.25. The first-order valence-corrected chi connectivity index (χ1v) is 22.1. The Balaban J connectivity index is 0.00000226. The first-order chi connectivity index (χ1) is 30.7. The molecule has 0 N–H and O–H groups in total. The minimum atomic E-state index is -0.357. The SMILES string of the molecule is C1=CC=CC(c2ccc3sc4ccc(N5CC6(C=C=C(C7=C=CC=CC=C7c7ccccn7)C=CC6)c6cc(-c7ccccc7-c7ccccn7)ccc65)cc4c3c2)=CC=1.CC. The lowest BCUT2D eigenvalue weighted by molar-refractivity contribution is 0.586. The van der Waals surface area contributed by atoms with Crippen LogP contribution in [0, 0.1) is 0 Å². The van der Waals surface area contributed by atoms with Gasteiger partial charge in [-0.15, -0.1) is 28.5 Å². The molecule has 4 heterocycles. The number of rotatable bonds is 6. The number of benzene rings is 4. The molecule has 7 aromatic rings. The molecule has 4 aliphatic rings. The van der Waals surface area contributed by atoms with Crippen molar-refractivity contribution in [1.82, 2.24) is 9.97 Å². The number of thiophene rings is 1. The van der Waals surface area contributed by atoms with Crippen molar-refractivity contribution in [2.24, 2.45) is 0 Å². The van der Waals surface area contributed by atoms with Crippen molar-refractivity contribution in [2.45, 2.75) is 25.7 Å². The van der Waals surface area contributed by atoms with E-state index in [1.54, 1.807) is 0 Å². The predicted octanol–water partition coefficient (Wildman–Crippen LogP) is 15.0. The van der Waals surface area contributed by atoms with Crippen molar-refractivity contribution in [3.05, 3.63) is 246 Å². The molecular formula is C58H43N3S. The molecule has 11 rings (SSSR count). The van der Waals surface area contributed by atoms with Gasteiger partial charge in [-0.3, -0.25) is 9.97 Å². The molecule has 3 aromatic heterocycles. The summed E-state index contributed by atoms with van der Waals surface area (Å²) >= 11 is 1.86. The van der Waals surface area contributed by atoms with Crippen LogP contribution in [-0.2, 0) is 5.41 Å². The van der Waals surface area contributed by atoms with E-state index in [4.69, 9.17) is 9.97 Å². The number of nitrogens with zero attached hydrogens (tertiary/aromatic N) is 3. The number of allylic oxidation sites excluding steroid dienone is 12. The number of aromatic nitrogens is 2. The molecular weight excluding hydrogens is 771 g/mol. The molecule has 4 aromatic carbocycles. The van der Waals surface area contributed by atoms with E-state index >= 15 is 0 Å². The third-order valence-corrected chi connectivity index (χ3v) is 13.0. The average Bonchev–Trinajstić information content (AvgIpc) is 3.51.